The first-order valence-corrected chi connectivity index (χ1v) is 5.69. The number of hydrogen-bond acceptors (Lipinski definition) is 3. The average Bonchev–Trinajstić information content (AvgIpc) is 2.62. The van der Waals surface area contributed by atoms with Crippen molar-refractivity contribution in [3.8, 4) is 0 Å². The molecule has 0 aliphatic carbocycles. The van der Waals surface area contributed by atoms with E-state index in [2.05, 4.69) is 4.18 Å². The Hall–Kier alpha value is -0.130. The third kappa shape index (κ3) is 15.9. The largest absolute Gasteiger partial charge is 0.397 e. The molecule has 0 aromatic rings. The molecule has 0 aliphatic heterocycles. The van der Waals surface area contributed by atoms with E-state index in [0.29, 0.717) is 0 Å². The lowest BCUT2D eigenvalue weighted by molar-refractivity contribution is 0.261. The van der Waals surface area contributed by atoms with Crippen molar-refractivity contribution in [3.63, 3.8) is 0 Å². The van der Waals surface area contributed by atoms with Crippen LogP contribution < -0.4 is 0 Å². The van der Waals surface area contributed by atoms with E-state index < -0.39 is 87.7 Å². The van der Waals surface area contributed by atoms with Gasteiger partial charge in [-0.1, -0.05) is 64.3 Å². The van der Waals surface area contributed by atoms with Crippen LogP contribution in [0.1, 0.15) is 96.7 Å². The minimum absolute atomic E-state index is 0.680. The highest BCUT2D eigenvalue weighted by Crippen LogP contribution is 2.10. The Morgan fingerprint density at radius 3 is 2.24 bits per heavy atom. The lowest BCUT2D eigenvalue weighted by Gasteiger charge is -2.02. The molecule has 0 fully saturated rings. The van der Waals surface area contributed by atoms with Gasteiger partial charge in [0.25, 0.3) is 0 Å². The van der Waals surface area contributed by atoms with Crippen LogP contribution in [0.15, 0.2) is 0 Å². The smallest absolute Gasteiger partial charge is 0.264 e. The summed E-state index contributed by atoms with van der Waals surface area (Å²) in [5.74, 6) is 0. The van der Waals surface area contributed by atoms with E-state index in [0.717, 1.165) is 0 Å². The fourth-order valence-corrected chi connectivity index (χ4v) is 0.916. The van der Waals surface area contributed by atoms with E-state index in [1.165, 1.54) is 0 Å². The van der Waals surface area contributed by atoms with Gasteiger partial charge in [-0.05, 0) is 6.42 Å². The van der Waals surface area contributed by atoms with Crippen LogP contribution in [0, 0.1) is 0 Å². The second-order valence-corrected chi connectivity index (χ2v) is 3.50. The minimum Gasteiger partial charge on any atom is -0.264 e. The second kappa shape index (κ2) is 11.0. The molecule has 0 heterocycles. The molecule has 0 aromatic heterocycles. The molecule has 5 heteroatoms. The topological polar surface area (TPSA) is 63.6 Å². The van der Waals surface area contributed by atoms with E-state index in [-0.39, 0.29) is 0 Å². The van der Waals surface area contributed by atoms with E-state index in [1.807, 2.05) is 0 Å². The van der Waals surface area contributed by atoms with Gasteiger partial charge in [-0.3, -0.25) is 4.55 Å². The molecule has 4 nitrogen and oxygen atoms in total. The molecule has 0 rings (SSSR count). The quantitative estimate of drug-likeness (QED) is 0.438. The first-order valence-electron chi connectivity index (χ1n) is 13.8. The van der Waals surface area contributed by atoms with Gasteiger partial charge in [-0.15, -0.1) is 0 Å². The highest BCUT2D eigenvalue weighted by molar-refractivity contribution is 7.80. The van der Waals surface area contributed by atoms with Crippen LogP contribution in [-0.2, 0) is 14.6 Å². The predicted molar refractivity (Wildman–Crippen MR) is 69.3 cm³/mol. The van der Waals surface area contributed by atoms with Crippen molar-refractivity contribution < 1.29 is 43.2 Å². The van der Waals surface area contributed by atoms with Gasteiger partial charge in [-0.2, -0.15) is 8.42 Å². The standard InChI is InChI=1S/C12H26O4S/c1-2-3-4-5-6-7-8-9-10-11-12-16-17(13,14)15/h2-12H2,1H3,(H,13,14,15)/i1D3,2D2,3D2,4D2,5D2,6D2,7D2,8D2,9D2. The molecule has 17 heavy (non-hydrogen) atoms. The highest BCUT2D eigenvalue weighted by atomic mass is 32.3. The van der Waals surface area contributed by atoms with E-state index in [1.54, 1.807) is 0 Å². The molecule has 0 radical (unpaired) electrons. The maximum Gasteiger partial charge on any atom is 0.397 e. The number of hydrogen-bond donors (Lipinski definition) is 1. The third-order valence-electron chi connectivity index (χ3n) is 1.14. The summed E-state index contributed by atoms with van der Waals surface area (Å²) in [5.41, 5.74) is 0. The summed E-state index contributed by atoms with van der Waals surface area (Å²) in [6, 6.07) is 0. The van der Waals surface area contributed by atoms with Gasteiger partial charge < -0.3 is 0 Å². The van der Waals surface area contributed by atoms with Gasteiger partial charge in [-0.25, -0.2) is 4.18 Å². The molecule has 0 aromatic carbocycles. The highest BCUT2D eigenvalue weighted by Gasteiger charge is 2.02. The lowest BCUT2D eigenvalue weighted by Crippen LogP contribution is -2.04. The van der Waals surface area contributed by atoms with Crippen molar-refractivity contribution in [2.45, 2.75) is 70.7 Å². The van der Waals surface area contributed by atoms with Crippen LogP contribution in [0.3, 0.4) is 0 Å². The van der Waals surface area contributed by atoms with Crippen LogP contribution in [0.4, 0.5) is 0 Å². The lowest BCUT2D eigenvalue weighted by atomic mass is 10.1. The fraction of sp³-hybridized carbons (Fsp3) is 1.00. The molecule has 104 valence electrons. The summed E-state index contributed by atoms with van der Waals surface area (Å²) in [7, 11) is -4.95. The SMILES string of the molecule is [2H]C([2H])([2H])C([2H])([2H])C([2H])([2H])C([2H])([2H])C([2H])([2H])C([2H])([2H])C([2H])([2H])C([2H])([2H])C([2H])([2H])CCCOS(=O)(=O)O. The van der Waals surface area contributed by atoms with Crippen LogP contribution in [0.25, 0.3) is 0 Å². The van der Waals surface area contributed by atoms with Crippen molar-refractivity contribution in [3.05, 3.63) is 0 Å². The zero-order valence-electron chi connectivity index (χ0n) is 27.7. The molecular formula is C12H26O4S. The molecule has 0 atom stereocenters. The maximum atomic E-state index is 10.5. The summed E-state index contributed by atoms with van der Waals surface area (Å²) in [6.45, 7) is -4.81. The monoisotopic (exact) mass is 285 g/mol. The van der Waals surface area contributed by atoms with Crippen LogP contribution >= 0.6 is 0 Å². The molecule has 0 aliphatic rings. The van der Waals surface area contributed by atoms with Gasteiger partial charge in [0.05, 0.1) is 6.61 Å². The van der Waals surface area contributed by atoms with Crippen molar-refractivity contribution in [2.24, 2.45) is 0 Å². The molecule has 0 amide bonds. The predicted octanol–water partition coefficient (Wildman–Crippen LogP) is 3.73. The Kier molecular flexibility index (Phi) is 2.26. The van der Waals surface area contributed by atoms with E-state index in [4.69, 9.17) is 30.6 Å². The molecule has 0 saturated carbocycles. The number of rotatable bonds is 12. The molecule has 0 saturated heterocycles. The molecular weight excluding hydrogens is 240 g/mol. The Morgan fingerprint density at radius 1 is 1.06 bits per heavy atom. The van der Waals surface area contributed by atoms with Crippen molar-refractivity contribution in [1.29, 1.82) is 0 Å². The molecule has 0 spiro atoms. The Balaban J connectivity index is 6.54. The van der Waals surface area contributed by atoms with Gasteiger partial charge in [0.1, 0.15) is 0 Å². The maximum absolute atomic E-state index is 10.5. The summed E-state index contributed by atoms with van der Waals surface area (Å²) < 4.78 is 181. The normalized spacial score (nSPS) is 35.9. The van der Waals surface area contributed by atoms with Crippen molar-refractivity contribution >= 4 is 10.4 Å². The van der Waals surface area contributed by atoms with Gasteiger partial charge in [0.2, 0.25) is 0 Å². The van der Waals surface area contributed by atoms with Gasteiger partial charge in [0.15, 0.2) is 0 Å². The zero-order valence-corrected chi connectivity index (χ0v) is 9.52. The summed E-state index contributed by atoms with van der Waals surface area (Å²) >= 11 is 0. The first-order chi connectivity index (χ1) is 15.2. The third-order valence-corrected chi connectivity index (χ3v) is 1.61. The van der Waals surface area contributed by atoms with Gasteiger partial charge >= 0.3 is 10.4 Å². The summed E-state index contributed by atoms with van der Waals surface area (Å²) in [5, 5.41) is 0. The van der Waals surface area contributed by atoms with Crippen LogP contribution in [-0.4, -0.2) is 19.6 Å². The average molecular weight is 286 g/mol. The second-order valence-electron chi connectivity index (χ2n) is 2.41. The van der Waals surface area contributed by atoms with Crippen molar-refractivity contribution in [1.82, 2.24) is 0 Å². The Labute approximate surface area is 132 Å². The van der Waals surface area contributed by atoms with Crippen molar-refractivity contribution in [2.75, 3.05) is 6.61 Å². The molecule has 0 bridgehead atoms. The van der Waals surface area contributed by atoms with Crippen LogP contribution in [0.2, 0.25) is 0 Å². The van der Waals surface area contributed by atoms with Crippen LogP contribution in [0.5, 0.6) is 0 Å². The zero-order chi connectivity index (χ0) is 29.8. The first kappa shape index (κ1) is 3.49. The molecule has 0 unspecified atom stereocenters. The minimum atomic E-state index is -4.95. The Morgan fingerprint density at radius 2 is 1.65 bits per heavy atom. The van der Waals surface area contributed by atoms with E-state index in [9.17, 15) is 8.42 Å². The fourth-order valence-electron chi connectivity index (χ4n) is 0.588. The summed E-state index contributed by atoms with van der Waals surface area (Å²) in [4.78, 5) is 0. The molecule has 1 N–H and O–H groups in total. The summed E-state index contributed by atoms with van der Waals surface area (Å²) in [6.07, 6.45) is -35.6. The Bertz CT molecular complexity index is 891. The van der Waals surface area contributed by atoms with E-state index >= 15 is 0 Å². The van der Waals surface area contributed by atoms with Gasteiger partial charge in [0, 0.05) is 26.0 Å².